The molecule has 0 aromatic carbocycles. The maximum absolute atomic E-state index is 9.58. The van der Waals surface area contributed by atoms with Gasteiger partial charge in [0.2, 0.25) is 0 Å². The van der Waals surface area contributed by atoms with Crippen molar-refractivity contribution in [2.24, 2.45) is 0 Å². The van der Waals surface area contributed by atoms with Crippen molar-refractivity contribution in [1.82, 2.24) is 15.1 Å². The van der Waals surface area contributed by atoms with Gasteiger partial charge < -0.3 is 10.4 Å². The van der Waals surface area contributed by atoms with E-state index < -0.39 is 0 Å². The second-order valence-corrected chi connectivity index (χ2v) is 4.59. The van der Waals surface area contributed by atoms with Crippen molar-refractivity contribution in [3.8, 4) is 0 Å². The molecule has 17 heavy (non-hydrogen) atoms. The van der Waals surface area contributed by atoms with Gasteiger partial charge in [0.25, 0.3) is 0 Å². The van der Waals surface area contributed by atoms with Crippen LogP contribution in [0.5, 0.6) is 0 Å². The van der Waals surface area contributed by atoms with Gasteiger partial charge in [-0.2, -0.15) is 5.10 Å². The van der Waals surface area contributed by atoms with Crippen LogP contribution in [0.25, 0.3) is 0 Å². The molecule has 2 N–H and O–H groups in total. The molecule has 1 aromatic heterocycles. The number of aryl methyl sites for hydroxylation is 1. The third-order valence-corrected chi connectivity index (χ3v) is 3.33. The summed E-state index contributed by atoms with van der Waals surface area (Å²) in [5.41, 5.74) is -0.108. The van der Waals surface area contributed by atoms with Crippen LogP contribution in [0.15, 0.2) is 18.5 Å². The van der Waals surface area contributed by atoms with E-state index in [1.165, 1.54) is 0 Å². The predicted octanol–water partition coefficient (Wildman–Crippen LogP) is 1.80. The normalized spacial score (nSPS) is 14.8. The SMILES string of the molecule is CCCNC(CC)(CO)CCCn1cccn1. The highest BCUT2D eigenvalue weighted by Crippen LogP contribution is 2.17. The highest BCUT2D eigenvalue weighted by Gasteiger charge is 2.25. The van der Waals surface area contributed by atoms with Gasteiger partial charge in [-0.3, -0.25) is 4.68 Å². The predicted molar refractivity (Wildman–Crippen MR) is 69.9 cm³/mol. The summed E-state index contributed by atoms with van der Waals surface area (Å²) in [6.07, 6.45) is 7.86. The van der Waals surface area contributed by atoms with E-state index in [0.717, 1.165) is 38.8 Å². The Balaban J connectivity index is 2.37. The number of rotatable bonds is 9. The molecule has 1 rings (SSSR count). The number of hydrogen-bond acceptors (Lipinski definition) is 3. The Bertz CT molecular complexity index is 281. The summed E-state index contributed by atoms with van der Waals surface area (Å²) in [6.45, 7) is 6.38. The molecule has 4 heteroatoms. The Morgan fingerprint density at radius 1 is 1.41 bits per heavy atom. The topological polar surface area (TPSA) is 50.1 Å². The molecule has 0 aliphatic heterocycles. The smallest absolute Gasteiger partial charge is 0.0613 e. The molecule has 0 saturated carbocycles. The molecule has 4 nitrogen and oxygen atoms in total. The number of nitrogens with zero attached hydrogens (tertiary/aromatic N) is 2. The average molecular weight is 239 g/mol. The number of aliphatic hydroxyl groups excluding tert-OH is 1. The van der Waals surface area contributed by atoms with Gasteiger partial charge in [0.15, 0.2) is 0 Å². The first-order chi connectivity index (χ1) is 8.26. The second kappa shape index (κ2) is 7.45. The van der Waals surface area contributed by atoms with Crippen molar-refractivity contribution in [3.05, 3.63) is 18.5 Å². The molecule has 0 amide bonds. The van der Waals surface area contributed by atoms with Crippen molar-refractivity contribution < 1.29 is 5.11 Å². The molecule has 0 aliphatic carbocycles. The molecule has 0 bridgehead atoms. The Morgan fingerprint density at radius 3 is 2.76 bits per heavy atom. The van der Waals surface area contributed by atoms with Crippen LogP contribution in [0, 0.1) is 0 Å². The first-order valence-corrected chi connectivity index (χ1v) is 6.59. The molecular weight excluding hydrogens is 214 g/mol. The summed E-state index contributed by atoms with van der Waals surface area (Å²) >= 11 is 0. The maximum atomic E-state index is 9.58. The fourth-order valence-corrected chi connectivity index (χ4v) is 2.04. The zero-order valence-electron chi connectivity index (χ0n) is 11.0. The Hall–Kier alpha value is -0.870. The molecule has 1 atom stereocenters. The summed E-state index contributed by atoms with van der Waals surface area (Å²) in [7, 11) is 0. The van der Waals surface area contributed by atoms with Crippen LogP contribution in [0.2, 0.25) is 0 Å². The zero-order valence-corrected chi connectivity index (χ0v) is 11.0. The van der Waals surface area contributed by atoms with Gasteiger partial charge in [-0.05, 0) is 38.3 Å². The fourth-order valence-electron chi connectivity index (χ4n) is 2.04. The molecule has 0 fully saturated rings. The number of nitrogens with one attached hydrogen (secondary N) is 1. The van der Waals surface area contributed by atoms with Gasteiger partial charge in [-0.15, -0.1) is 0 Å². The lowest BCUT2D eigenvalue weighted by molar-refractivity contribution is 0.142. The Morgan fingerprint density at radius 2 is 2.24 bits per heavy atom. The minimum absolute atomic E-state index is 0.108. The van der Waals surface area contributed by atoms with Crippen LogP contribution in [0.3, 0.4) is 0 Å². The van der Waals surface area contributed by atoms with Crippen LogP contribution < -0.4 is 5.32 Å². The van der Waals surface area contributed by atoms with E-state index in [1.807, 2.05) is 16.9 Å². The Kier molecular flexibility index (Phi) is 6.22. The quantitative estimate of drug-likeness (QED) is 0.691. The number of aromatic nitrogens is 2. The molecule has 1 aromatic rings. The average Bonchev–Trinajstić information content (AvgIpc) is 2.87. The molecule has 0 spiro atoms. The van der Waals surface area contributed by atoms with Crippen molar-refractivity contribution in [1.29, 1.82) is 0 Å². The number of hydrogen-bond donors (Lipinski definition) is 2. The van der Waals surface area contributed by atoms with E-state index >= 15 is 0 Å². The lowest BCUT2D eigenvalue weighted by Gasteiger charge is -2.32. The maximum Gasteiger partial charge on any atom is 0.0613 e. The minimum atomic E-state index is -0.108. The third-order valence-electron chi connectivity index (χ3n) is 3.33. The fraction of sp³-hybridized carbons (Fsp3) is 0.769. The van der Waals surface area contributed by atoms with E-state index in [1.54, 1.807) is 6.20 Å². The van der Waals surface area contributed by atoms with E-state index in [2.05, 4.69) is 24.3 Å². The van der Waals surface area contributed by atoms with E-state index in [0.29, 0.717) is 0 Å². The highest BCUT2D eigenvalue weighted by molar-refractivity contribution is 4.86. The minimum Gasteiger partial charge on any atom is -0.394 e. The van der Waals surface area contributed by atoms with Gasteiger partial charge in [0.1, 0.15) is 0 Å². The molecule has 98 valence electrons. The van der Waals surface area contributed by atoms with Gasteiger partial charge >= 0.3 is 0 Å². The van der Waals surface area contributed by atoms with E-state index in [9.17, 15) is 5.11 Å². The van der Waals surface area contributed by atoms with Gasteiger partial charge in [-0.1, -0.05) is 13.8 Å². The molecule has 0 aliphatic rings. The van der Waals surface area contributed by atoms with Gasteiger partial charge in [0.05, 0.1) is 6.61 Å². The van der Waals surface area contributed by atoms with E-state index in [-0.39, 0.29) is 12.1 Å². The summed E-state index contributed by atoms with van der Waals surface area (Å²) in [6, 6.07) is 1.94. The summed E-state index contributed by atoms with van der Waals surface area (Å²) in [4.78, 5) is 0. The molecule has 1 heterocycles. The first-order valence-electron chi connectivity index (χ1n) is 6.59. The third kappa shape index (κ3) is 4.48. The van der Waals surface area contributed by atoms with Crippen LogP contribution >= 0.6 is 0 Å². The van der Waals surface area contributed by atoms with Crippen molar-refractivity contribution >= 4 is 0 Å². The van der Waals surface area contributed by atoms with Crippen LogP contribution in [-0.2, 0) is 6.54 Å². The molecule has 1 unspecified atom stereocenters. The van der Waals surface area contributed by atoms with E-state index in [4.69, 9.17) is 0 Å². The van der Waals surface area contributed by atoms with Crippen molar-refractivity contribution in [3.63, 3.8) is 0 Å². The lowest BCUT2D eigenvalue weighted by Crippen LogP contribution is -2.48. The van der Waals surface area contributed by atoms with Gasteiger partial charge in [-0.25, -0.2) is 0 Å². The standard InChI is InChI=1S/C13H25N3O/c1-3-8-14-13(4-2,12-17)7-5-10-16-11-6-9-15-16/h6,9,11,14,17H,3-5,7-8,10,12H2,1-2H3. The van der Waals surface area contributed by atoms with Crippen LogP contribution in [-0.4, -0.2) is 33.6 Å². The molecule has 0 radical (unpaired) electrons. The lowest BCUT2D eigenvalue weighted by atomic mass is 9.91. The Labute approximate surface area is 104 Å². The summed E-state index contributed by atoms with van der Waals surface area (Å²) in [5, 5.41) is 17.2. The monoisotopic (exact) mass is 239 g/mol. The summed E-state index contributed by atoms with van der Waals surface area (Å²) < 4.78 is 1.94. The zero-order chi connectivity index (χ0) is 12.6. The first kappa shape index (κ1) is 14.2. The molecule has 0 saturated heterocycles. The highest BCUT2D eigenvalue weighted by atomic mass is 16.3. The summed E-state index contributed by atoms with van der Waals surface area (Å²) in [5.74, 6) is 0. The largest absolute Gasteiger partial charge is 0.394 e. The van der Waals surface area contributed by atoms with Gasteiger partial charge in [0, 0.05) is 24.5 Å². The van der Waals surface area contributed by atoms with Crippen molar-refractivity contribution in [2.45, 2.75) is 51.6 Å². The second-order valence-electron chi connectivity index (χ2n) is 4.59. The van der Waals surface area contributed by atoms with Crippen molar-refractivity contribution in [2.75, 3.05) is 13.2 Å². The van der Waals surface area contributed by atoms with Crippen LogP contribution in [0.4, 0.5) is 0 Å². The molecular formula is C13H25N3O. The van der Waals surface area contributed by atoms with Crippen LogP contribution in [0.1, 0.15) is 39.5 Å². The number of aliphatic hydroxyl groups is 1.